The lowest BCUT2D eigenvalue weighted by molar-refractivity contribution is -0.318. The van der Waals surface area contributed by atoms with Gasteiger partial charge in [0.05, 0.1) is 5.92 Å². The van der Waals surface area contributed by atoms with Crippen molar-refractivity contribution >= 4 is 11.6 Å². The third-order valence-corrected chi connectivity index (χ3v) is 4.59. The van der Waals surface area contributed by atoms with Gasteiger partial charge in [-0.25, -0.2) is 0 Å². The maximum atomic E-state index is 13.6. The van der Waals surface area contributed by atoms with Crippen molar-refractivity contribution in [2.45, 2.75) is 43.7 Å². The van der Waals surface area contributed by atoms with Gasteiger partial charge >= 0.3 is 6.18 Å². The number of rotatable bonds is 2. The van der Waals surface area contributed by atoms with Gasteiger partial charge in [0.2, 0.25) is 0 Å². The Bertz CT molecular complexity index is 662. The number of aliphatic hydroxyl groups is 2. The van der Waals surface area contributed by atoms with Crippen molar-refractivity contribution in [3.63, 3.8) is 0 Å². The molecule has 1 aromatic rings. The lowest BCUT2D eigenvalue weighted by atomic mass is 9.80. The summed E-state index contributed by atoms with van der Waals surface area (Å²) < 4.78 is 40.8. The molecule has 1 aromatic carbocycles. The fourth-order valence-electron chi connectivity index (χ4n) is 3.33. The molecule has 0 saturated heterocycles. The molecule has 8 heteroatoms. The molecule has 1 aliphatic heterocycles. The van der Waals surface area contributed by atoms with Crippen LogP contribution in [0, 0.1) is 5.92 Å². The molecule has 1 fully saturated rings. The van der Waals surface area contributed by atoms with Gasteiger partial charge in [0.1, 0.15) is 0 Å². The summed E-state index contributed by atoms with van der Waals surface area (Å²) >= 11 is 0. The molecule has 0 bridgehead atoms. The summed E-state index contributed by atoms with van der Waals surface area (Å²) in [4.78, 5) is 12.5. The molecule has 24 heavy (non-hydrogen) atoms. The molecule has 5 nitrogen and oxygen atoms in total. The van der Waals surface area contributed by atoms with E-state index in [0.717, 1.165) is 0 Å². The standard InChI is InChI=1S/C16H17F3N2O3/c17-16(18,19)15(24)11-8-4-5-9-12(11)20-21(15)14(23)13(22)10-6-2-1-3-7-10/h1-3,6-7,11,13,22,24H,4-5,8-9H2/t11-,13-,15-/m1/s1. The van der Waals surface area contributed by atoms with Crippen molar-refractivity contribution in [2.24, 2.45) is 11.0 Å². The Labute approximate surface area is 136 Å². The first-order chi connectivity index (χ1) is 11.3. The molecule has 0 unspecified atom stereocenters. The van der Waals surface area contributed by atoms with Gasteiger partial charge in [-0.15, -0.1) is 0 Å². The van der Waals surface area contributed by atoms with Gasteiger partial charge in [-0.3, -0.25) is 4.79 Å². The van der Waals surface area contributed by atoms with Crippen LogP contribution in [0.15, 0.2) is 35.4 Å². The smallest absolute Gasteiger partial charge is 0.378 e. The molecule has 3 atom stereocenters. The average Bonchev–Trinajstić information content (AvgIpc) is 2.89. The molecule has 1 heterocycles. The van der Waals surface area contributed by atoms with Gasteiger partial charge in [0.15, 0.2) is 6.10 Å². The first-order valence-corrected chi connectivity index (χ1v) is 7.70. The Kier molecular flexibility index (Phi) is 4.13. The van der Waals surface area contributed by atoms with Gasteiger partial charge in [-0.05, 0) is 24.8 Å². The summed E-state index contributed by atoms with van der Waals surface area (Å²) in [5, 5.41) is 24.3. The van der Waals surface area contributed by atoms with Crippen molar-refractivity contribution in [1.29, 1.82) is 0 Å². The molecular weight excluding hydrogens is 325 g/mol. The quantitative estimate of drug-likeness (QED) is 0.867. The fourth-order valence-corrected chi connectivity index (χ4v) is 3.33. The molecule has 1 aliphatic carbocycles. The van der Waals surface area contributed by atoms with E-state index < -0.39 is 29.8 Å². The van der Waals surface area contributed by atoms with Gasteiger partial charge in [0.25, 0.3) is 11.6 Å². The third-order valence-electron chi connectivity index (χ3n) is 4.59. The SMILES string of the molecule is O=C([C@H](O)c1ccccc1)N1N=C2CCCC[C@H]2[C@@]1(O)C(F)(F)F. The summed E-state index contributed by atoms with van der Waals surface area (Å²) in [6.45, 7) is 0. The number of hydrogen-bond acceptors (Lipinski definition) is 4. The molecule has 2 N–H and O–H groups in total. The van der Waals surface area contributed by atoms with E-state index in [4.69, 9.17) is 0 Å². The van der Waals surface area contributed by atoms with Crippen LogP contribution in [0.4, 0.5) is 13.2 Å². The van der Waals surface area contributed by atoms with Crippen molar-refractivity contribution in [3.8, 4) is 0 Å². The van der Waals surface area contributed by atoms with Crippen LogP contribution < -0.4 is 0 Å². The van der Waals surface area contributed by atoms with Crippen molar-refractivity contribution in [1.82, 2.24) is 5.01 Å². The van der Waals surface area contributed by atoms with E-state index in [-0.39, 0.29) is 22.7 Å². The Morgan fingerprint density at radius 2 is 1.96 bits per heavy atom. The van der Waals surface area contributed by atoms with Crippen LogP contribution >= 0.6 is 0 Å². The molecule has 1 amide bonds. The Balaban J connectivity index is 1.98. The Hall–Kier alpha value is -1.93. The van der Waals surface area contributed by atoms with Crippen LogP contribution in [0.25, 0.3) is 0 Å². The largest absolute Gasteiger partial charge is 0.439 e. The first-order valence-electron chi connectivity index (χ1n) is 7.70. The fraction of sp³-hybridized carbons (Fsp3) is 0.500. The predicted molar refractivity (Wildman–Crippen MR) is 78.6 cm³/mol. The summed E-state index contributed by atoms with van der Waals surface area (Å²) in [5.74, 6) is -2.57. The van der Waals surface area contributed by atoms with Crippen LogP contribution in [0.1, 0.15) is 37.4 Å². The average molecular weight is 342 g/mol. The number of amides is 1. The minimum atomic E-state index is -5.08. The van der Waals surface area contributed by atoms with Crippen LogP contribution in [-0.4, -0.2) is 38.7 Å². The predicted octanol–water partition coefficient (Wildman–Crippen LogP) is 2.36. The van der Waals surface area contributed by atoms with E-state index >= 15 is 0 Å². The molecule has 0 spiro atoms. The number of carbonyl (C=O) groups is 1. The monoisotopic (exact) mass is 342 g/mol. The first kappa shape index (κ1) is 16.9. The van der Waals surface area contributed by atoms with Gasteiger partial charge < -0.3 is 10.2 Å². The second-order valence-electron chi connectivity index (χ2n) is 6.08. The number of alkyl halides is 3. The van der Waals surface area contributed by atoms with Gasteiger partial charge in [-0.1, -0.05) is 36.8 Å². The highest BCUT2D eigenvalue weighted by Gasteiger charge is 2.68. The number of nitrogens with zero attached hydrogens (tertiary/aromatic N) is 2. The topological polar surface area (TPSA) is 73.1 Å². The maximum Gasteiger partial charge on any atom is 0.439 e. The lowest BCUT2D eigenvalue weighted by Crippen LogP contribution is -2.62. The number of aliphatic hydroxyl groups excluding tert-OH is 1. The molecular formula is C16H17F3N2O3. The minimum absolute atomic E-state index is 0.0377. The summed E-state index contributed by atoms with van der Waals surface area (Å²) in [7, 11) is 0. The number of hydrogen-bond donors (Lipinski definition) is 2. The number of fused-ring (bicyclic) bond motifs is 1. The third kappa shape index (κ3) is 2.50. The summed E-state index contributed by atoms with van der Waals surface area (Å²) in [5.41, 5.74) is -3.10. The molecule has 2 aliphatic rings. The molecule has 1 saturated carbocycles. The highest BCUT2D eigenvalue weighted by Crippen LogP contribution is 2.48. The van der Waals surface area contributed by atoms with E-state index in [2.05, 4.69) is 5.10 Å². The maximum absolute atomic E-state index is 13.6. The van der Waals surface area contributed by atoms with Crippen molar-refractivity contribution in [2.75, 3.05) is 0 Å². The van der Waals surface area contributed by atoms with E-state index in [1.807, 2.05) is 0 Å². The zero-order valence-corrected chi connectivity index (χ0v) is 12.7. The van der Waals surface area contributed by atoms with E-state index in [1.54, 1.807) is 18.2 Å². The van der Waals surface area contributed by atoms with Gasteiger partial charge in [0, 0.05) is 5.71 Å². The van der Waals surface area contributed by atoms with Crippen molar-refractivity contribution in [3.05, 3.63) is 35.9 Å². The zero-order chi connectivity index (χ0) is 17.5. The molecule has 3 rings (SSSR count). The van der Waals surface area contributed by atoms with E-state index in [1.165, 1.54) is 12.1 Å². The minimum Gasteiger partial charge on any atom is -0.378 e. The van der Waals surface area contributed by atoms with Crippen LogP contribution in [0.5, 0.6) is 0 Å². The van der Waals surface area contributed by atoms with E-state index in [0.29, 0.717) is 19.3 Å². The highest BCUT2D eigenvalue weighted by atomic mass is 19.4. The normalized spacial score (nSPS) is 28.3. The van der Waals surface area contributed by atoms with Crippen LogP contribution in [0.3, 0.4) is 0 Å². The number of hydrazone groups is 1. The number of benzene rings is 1. The summed E-state index contributed by atoms with van der Waals surface area (Å²) in [6.07, 6.45) is -5.33. The molecule has 130 valence electrons. The molecule has 0 aromatic heterocycles. The zero-order valence-electron chi connectivity index (χ0n) is 12.7. The van der Waals surface area contributed by atoms with Crippen molar-refractivity contribution < 1.29 is 28.2 Å². The number of carbonyl (C=O) groups excluding carboxylic acids is 1. The van der Waals surface area contributed by atoms with E-state index in [9.17, 15) is 28.2 Å². The summed E-state index contributed by atoms with van der Waals surface area (Å²) in [6, 6.07) is 7.60. The second-order valence-corrected chi connectivity index (χ2v) is 6.08. The lowest BCUT2D eigenvalue weighted by Gasteiger charge is -2.38. The van der Waals surface area contributed by atoms with Crippen LogP contribution in [-0.2, 0) is 4.79 Å². The van der Waals surface area contributed by atoms with Gasteiger partial charge in [-0.2, -0.15) is 23.3 Å². The molecule has 0 radical (unpaired) electrons. The Morgan fingerprint density at radius 3 is 2.58 bits per heavy atom. The van der Waals surface area contributed by atoms with Crippen LogP contribution in [0.2, 0.25) is 0 Å². The Morgan fingerprint density at radius 1 is 1.29 bits per heavy atom. The number of halogens is 3. The highest BCUT2D eigenvalue weighted by molar-refractivity contribution is 5.94. The second kappa shape index (κ2) is 5.86.